The fourth-order valence-electron chi connectivity index (χ4n) is 3.55. The van der Waals surface area contributed by atoms with Gasteiger partial charge in [0.25, 0.3) is 5.91 Å². The number of aryl methyl sites for hydroxylation is 1. The fraction of sp³-hybridized carbons (Fsp3) is 0.409. The number of nitrogens with zero attached hydrogens (tertiary/aromatic N) is 1. The Morgan fingerprint density at radius 3 is 2.23 bits per heavy atom. The standard InChI is InChI=1S/C22H27BrN2O/c1-17-6-8-18(9-7-17)21(25-14-4-2-3-5-15-25)16-24-22(26)19-10-12-20(23)13-11-19/h6-13,21H,2-5,14-16H2,1H3,(H,24,26)/t21-/m1/s1. The molecule has 3 rings (SSSR count). The normalized spacial score (nSPS) is 16.7. The molecule has 1 aliphatic rings. The highest BCUT2D eigenvalue weighted by Gasteiger charge is 2.22. The number of carbonyl (C=O) groups excluding carboxylic acids is 1. The van der Waals surface area contributed by atoms with Gasteiger partial charge in [0, 0.05) is 16.6 Å². The zero-order chi connectivity index (χ0) is 18.4. The fourth-order valence-corrected chi connectivity index (χ4v) is 3.81. The Bertz CT molecular complexity index is 704. The van der Waals surface area contributed by atoms with Crippen molar-refractivity contribution < 1.29 is 4.79 Å². The van der Waals surface area contributed by atoms with Crippen LogP contribution in [0.15, 0.2) is 53.0 Å². The molecular weight excluding hydrogens is 388 g/mol. The van der Waals surface area contributed by atoms with Crippen LogP contribution in [0.5, 0.6) is 0 Å². The Hall–Kier alpha value is -1.65. The second-order valence-corrected chi connectivity index (χ2v) is 8.01. The van der Waals surface area contributed by atoms with Gasteiger partial charge in [-0.3, -0.25) is 9.69 Å². The Labute approximate surface area is 164 Å². The number of hydrogen-bond donors (Lipinski definition) is 1. The van der Waals surface area contributed by atoms with E-state index in [1.165, 1.54) is 36.8 Å². The lowest BCUT2D eigenvalue weighted by molar-refractivity contribution is 0.0933. The first-order valence-electron chi connectivity index (χ1n) is 9.48. The first-order chi connectivity index (χ1) is 12.6. The largest absolute Gasteiger partial charge is 0.350 e. The lowest BCUT2D eigenvalue weighted by Crippen LogP contribution is -2.38. The number of nitrogens with one attached hydrogen (secondary N) is 1. The molecule has 26 heavy (non-hydrogen) atoms. The molecule has 138 valence electrons. The molecule has 1 amide bonds. The molecule has 0 spiro atoms. The molecule has 1 saturated heterocycles. The summed E-state index contributed by atoms with van der Waals surface area (Å²) in [5.74, 6) is -0.00978. The Morgan fingerprint density at radius 1 is 1.00 bits per heavy atom. The monoisotopic (exact) mass is 414 g/mol. The molecular formula is C22H27BrN2O. The van der Waals surface area contributed by atoms with Crippen molar-refractivity contribution in [2.75, 3.05) is 19.6 Å². The van der Waals surface area contributed by atoms with Crippen LogP contribution in [-0.2, 0) is 0 Å². The summed E-state index contributed by atoms with van der Waals surface area (Å²) in [5, 5.41) is 3.15. The van der Waals surface area contributed by atoms with Gasteiger partial charge in [0.15, 0.2) is 0 Å². The molecule has 2 aromatic carbocycles. The van der Waals surface area contributed by atoms with Gasteiger partial charge in [0.05, 0.1) is 6.04 Å². The summed E-state index contributed by atoms with van der Waals surface area (Å²) in [5.41, 5.74) is 3.25. The molecule has 0 saturated carbocycles. The van der Waals surface area contributed by atoms with Gasteiger partial charge in [-0.1, -0.05) is 58.6 Å². The van der Waals surface area contributed by atoms with Gasteiger partial charge in [0.2, 0.25) is 0 Å². The predicted molar refractivity (Wildman–Crippen MR) is 110 cm³/mol. The van der Waals surface area contributed by atoms with Crippen LogP contribution >= 0.6 is 15.9 Å². The van der Waals surface area contributed by atoms with Crippen LogP contribution in [0.25, 0.3) is 0 Å². The van der Waals surface area contributed by atoms with Crippen molar-refractivity contribution in [3.05, 3.63) is 69.7 Å². The molecule has 0 aromatic heterocycles. The van der Waals surface area contributed by atoms with Crippen LogP contribution in [0.4, 0.5) is 0 Å². The Balaban J connectivity index is 1.73. The van der Waals surface area contributed by atoms with Crippen LogP contribution in [0.2, 0.25) is 0 Å². The van der Waals surface area contributed by atoms with Gasteiger partial charge in [0.1, 0.15) is 0 Å². The summed E-state index contributed by atoms with van der Waals surface area (Å²) in [6.07, 6.45) is 5.09. The molecule has 3 nitrogen and oxygen atoms in total. The lowest BCUT2D eigenvalue weighted by Gasteiger charge is -2.31. The van der Waals surface area contributed by atoms with Crippen LogP contribution in [0.3, 0.4) is 0 Å². The summed E-state index contributed by atoms with van der Waals surface area (Å²) in [4.78, 5) is 15.1. The molecule has 4 heteroatoms. The number of rotatable bonds is 5. The SMILES string of the molecule is Cc1ccc([C@@H](CNC(=O)c2ccc(Br)cc2)N2CCCCCC2)cc1. The van der Waals surface area contributed by atoms with Crippen molar-refractivity contribution in [3.8, 4) is 0 Å². The van der Waals surface area contributed by atoms with Crippen molar-refractivity contribution in [1.82, 2.24) is 10.2 Å². The van der Waals surface area contributed by atoms with E-state index < -0.39 is 0 Å². The number of likely N-dealkylation sites (tertiary alicyclic amines) is 1. The molecule has 1 N–H and O–H groups in total. The van der Waals surface area contributed by atoms with Gasteiger partial charge >= 0.3 is 0 Å². The van der Waals surface area contributed by atoms with E-state index in [4.69, 9.17) is 0 Å². The molecule has 2 aromatic rings. The Kier molecular flexibility index (Phi) is 6.86. The van der Waals surface area contributed by atoms with Crippen LogP contribution in [0, 0.1) is 6.92 Å². The summed E-state index contributed by atoms with van der Waals surface area (Å²) < 4.78 is 0.983. The van der Waals surface area contributed by atoms with Crippen molar-refractivity contribution in [3.63, 3.8) is 0 Å². The maximum Gasteiger partial charge on any atom is 0.251 e. The van der Waals surface area contributed by atoms with Gasteiger partial charge in [-0.25, -0.2) is 0 Å². The number of benzene rings is 2. The molecule has 0 aliphatic carbocycles. The average molecular weight is 415 g/mol. The number of carbonyl (C=O) groups is 1. The van der Waals surface area contributed by atoms with E-state index in [1.807, 2.05) is 24.3 Å². The number of hydrogen-bond acceptors (Lipinski definition) is 2. The van der Waals surface area contributed by atoms with Crippen LogP contribution in [0.1, 0.15) is 53.2 Å². The van der Waals surface area contributed by atoms with E-state index in [2.05, 4.69) is 57.3 Å². The summed E-state index contributed by atoms with van der Waals surface area (Å²) in [7, 11) is 0. The van der Waals surface area contributed by atoms with Crippen molar-refractivity contribution >= 4 is 21.8 Å². The first kappa shape index (κ1) is 19.1. The Morgan fingerprint density at radius 2 is 1.62 bits per heavy atom. The minimum absolute atomic E-state index is 0.00978. The molecule has 0 bridgehead atoms. The van der Waals surface area contributed by atoms with Gasteiger partial charge in [-0.05, 0) is 62.7 Å². The maximum atomic E-state index is 12.6. The van der Waals surface area contributed by atoms with Gasteiger partial charge in [-0.15, -0.1) is 0 Å². The zero-order valence-corrected chi connectivity index (χ0v) is 17.0. The highest BCUT2D eigenvalue weighted by Crippen LogP contribution is 2.24. The minimum Gasteiger partial charge on any atom is -0.350 e. The molecule has 1 aliphatic heterocycles. The average Bonchev–Trinajstić information content (AvgIpc) is 2.93. The molecule has 0 unspecified atom stereocenters. The van der Waals surface area contributed by atoms with E-state index in [9.17, 15) is 4.79 Å². The third-order valence-corrected chi connectivity index (χ3v) is 5.63. The number of halogens is 1. The second-order valence-electron chi connectivity index (χ2n) is 7.09. The molecule has 1 atom stereocenters. The summed E-state index contributed by atoms with van der Waals surface area (Å²) >= 11 is 3.41. The molecule has 1 fully saturated rings. The van der Waals surface area contributed by atoms with Gasteiger partial charge < -0.3 is 5.32 Å². The van der Waals surface area contributed by atoms with Crippen molar-refractivity contribution in [2.45, 2.75) is 38.6 Å². The van der Waals surface area contributed by atoms with Gasteiger partial charge in [-0.2, -0.15) is 0 Å². The second kappa shape index (κ2) is 9.33. The maximum absolute atomic E-state index is 12.6. The summed E-state index contributed by atoms with van der Waals surface area (Å²) in [6, 6.07) is 16.5. The minimum atomic E-state index is -0.00978. The highest BCUT2D eigenvalue weighted by atomic mass is 79.9. The lowest BCUT2D eigenvalue weighted by atomic mass is 10.0. The first-order valence-corrected chi connectivity index (χ1v) is 10.3. The van der Waals surface area contributed by atoms with Crippen LogP contribution < -0.4 is 5.32 Å². The third-order valence-electron chi connectivity index (χ3n) is 5.11. The van der Waals surface area contributed by atoms with Crippen LogP contribution in [-0.4, -0.2) is 30.4 Å². The van der Waals surface area contributed by atoms with Crippen molar-refractivity contribution in [2.24, 2.45) is 0 Å². The summed E-state index contributed by atoms with van der Waals surface area (Å²) in [6.45, 7) is 4.96. The van der Waals surface area contributed by atoms with E-state index in [0.717, 1.165) is 17.6 Å². The smallest absolute Gasteiger partial charge is 0.251 e. The quantitative estimate of drug-likeness (QED) is 0.737. The van der Waals surface area contributed by atoms with E-state index in [0.29, 0.717) is 12.1 Å². The van der Waals surface area contributed by atoms with Crippen molar-refractivity contribution in [1.29, 1.82) is 0 Å². The topological polar surface area (TPSA) is 32.3 Å². The van der Waals surface area contributed by atoms with E-state index in [-0.39, 0.29) is 11.9 Å². The molecule has 0 radical (unpaired) electrons. The predicted octanol–water partition coefficient (Wildman–Crippen LogP) is 5.10. The molecule has 1 heterocycles. The number of amides is 1. The van der Waals surface area contributed by atoms with E-state index >= 15 is 0 Å². The van der Waals surface area contributed by atoms with E-state index in [1.54, 1.807) is 0 Å². The highest BCUT2D eigenvalue weighted by molar-refractivity contribution is 9.10. The third kappa shape index (κ3) is 5.18. The zero-order valence-electron chi connectivity index (χ0n) is 15.4.